The van der Waals surface area contributed by atoms with Crippen molar-refractivity contribution in [3.63, 3.8) is 0 Å². The molecule has 0 atom stereocenters. The van der Waals surface area contributed by atoms with Crippen LogP contribution < -0.4 is 26.0 Å². The zero-order valence-electron chi connectivity index (χ0n) is 14.7. The molecule has 0 saturated heterocycles. The number of nitrogens with one attached hydrogen (secondary N) is 4. The Morgan fingerprint density at radius 3 is 2.40 bits per heavy atom. The van der Waals surface area contributed by atoms with Gasteiger partial charge in [-0.2, -0.15) is 0 Å². The summed E-state index contributed by atoms with van der Waals surface area (Å²) in [6.07, 6.45) is 0. The number of benzene rings is 1. The van der Waals surface area contributed by atoms with E-state index in [-0.39, 0.29) is 6.03 Å². The first-order valence-electron chi connectivity index (χ1n) is 8.13. The maximum Gasteiger partial charge on any atom is 0.319 e. The molecule has 0 aliphatic heterocycles. The van der Waals surface area contributed by atoms with Crippen LogP contribution in [-0.2, 0) is 0 Å². The van der Waals surface area contributed by atoms with E-state index >= 15 is 0 Å². The van der Waals surface area contributed by atoms with Crippen molar-refractivity contribution in [1.29, 1.82) is 0 Å². The highest BCUT2D eigenvalue weighted by Crippen LogP contribution is 2.14. The topological polar surface area (TPSA) is 100 Å². The van der Waals surface area contributed by atoms with Crippen molar-refractivity contribution >= 4 is 23.4 Å². The molecule has 0 saturated carbocycles. The Hall–Kier alpha value is -3.03. The van der Waals surface area contributed by atoms with Crippen molar-refractivity contribution in [1.82, 2.24) is 15.3 Å². The van der Waals surface area contributed by atoms with Crippen LogP contribution in [0.5, 0.6) is 5.75 Å². The number of nitrogens with zero attached hydrogens (tertiary/aromatic N) is 2. The number of ether oxygens (including phenoxy) is 1. The highest BCUT2D eigenvalue weighted by molar-refractivity contribution is 5.89. The van der Waals surface area contributed by atoms with E-state index in [1.165, 1.54) is 0 Å². The lowest BCUT2D eigenvalue weighted by molar-refractivity contribution is 0.252. The van der Waals surface area contributed by atoms with Gasteiger partial charge in [0.15, 0.2) is 0 Å². The van der Waals surface area contributed by atoms with E-state index in [2.05, 4.69) is 31.2 Å². The van der Waals surface area contributed by atoms with E-state index in [0.29, 0.717) is 24.6 Å². The fraction of sp³-hybridized carbons (Fsp3) is 0.353. The van der Waals surface area contributed by atoms with Crippen LogP contribution in [0.1, 0.15) is 12.7 Å². The number of amides is 2. The summed E-state index contributed by atoms with van der Waals surface area (Å²) >= 11 is 0. The van der Waals surface area contributed by atoms with E-state index in [4.69, 9.17) is 4.74 Å². The Bertz CT molecular complexity index is 690. The third-order valence-electron chi connectivity index (χ3n) is 3.26. The minimum absolute atomic E-state index is 0.265. The molecule has 0 spiro atoms. The van der Waals surface area contributed by atoms with Crippen molar-refractivity contribution in [2.75, 3.05) is 42.7 Å². The molecule has 2 amide bonds. The number of methoxy groups -OCH3 is 1. The second-order valence-corrected chi connectivity index (χ2v) is 5.25. The fourth-order valence-corrected chi connectivity index (χ4v) is 2.15. The molecular formula is C17H24N6O2. The first kappa shape index (κ1) is 18.3. The number of aromatic nitrogens is 2. The number of rotatable bonds is 8. The molecular weight excluding hydrogens is 320 g/mol. The molecule has 134 valence electrons. The predicted octanol–water partition coefficient (Wildman–Crippen LogP) is 2.46. The Labute approximate surface area is 147 Å². The van der Waals surface area contributed by atoms with Gasteiger partial charge in [-0.3, -0.25) is 0 Å². The molecule has 0 aliphatic rings. The first-order chi connectivity index (χ1) is 12.1. The van der Waals surface area contributed by atoms with Gasteiger partial charge in [0, 0.05) is 31.4 Å². The van der Waals surface area contributed by atoms with Crippen LogP contribution in [-0.4, -0.2) is 42.7 Å². The van der Waals surface area contributed by atoms with E-state index < -0.39 is 0 Å². The molecule has 8 heteroatoms. The van der Waals surface area contributed by atoms with Gasteiger partial charge in [-0.05, 0) is 38.1 Å². The van der Waals surface area contributed by atoms with Crippen LogP contribution in [0.4, 0.5) is 22.1 Å². The van der Waals surface area contributed by atoms with Crippen LogP contribution in [0.3, 0.4) is 0 Å². The SMILES string of the molecule is CCNc1cc(NCCNC(=O)Nc2ccc(OC)cc2)nc(C)n1. The van der Waals surface area contributed by atoms with E-state index in [9.17, 15) is 4.79 Å². The number of carbonyl (C=O) groups excluding carboxylic acids is 1. The first-order valence-corrected chi connectivity index (χ1v) is 8.13. The van der Waals surface area contributed by atoms with Gasteiger partial charge in [-0.1, -0.05) is 0 Å². The number of hydrogen-bond acceptors (Lipinski definition) is 6. The molecule has 0 aliphatic carbocycles. The monoisotopic (exact) mass is 344 g/mol. The van der Waals surface area contributed by atoms with Crippen LogP contribution in [0.25, 0.3) is 0 Å². The van der Waals surface area contributed by atoms with E-state index in [0.717, 1.165) is 23.9 Å². The molecule has 25 heavy (non-hydrogen) atoms. The fourth-order valence-electron chi connectivity index (χ4n) is 2.15. The lowest BCUT2D eigenvalue weighted by atomic mass is 10.3. The van der Waals surface area contributed by atoms with Crippen molar-refractivity contribution in [2.24, 2.45) is 0 Å². The molecule has 0 unspecified atom stereocenters. The molecule has 0 radical (unpaired) electrons. The Morgan fingerprint density at radius 1 is 1.08 bits per heavy atom. The summed E-state index contributed by atoms with van der Waals surface area (Å²) in [5.74, 6) is 2.93. The molecule has 1 aromatic heterocycles. The number of carbonyl (C=O) groups is 1. The van der Waals surface area contributed by atoms with E-state index in [1.54, 1.807) is 31.4 Å². The molecule has 1 heterocycles. The minimum atomic E-state index is -0.265. The molecule has 1 aromatic carbocycles. The lowest BCUT2D eigenvalue weighted by Crippen LogP contribution is -2.32. The van der Waals surface area contributed by atoms with Gasteiger partial charge < -0.3 is 26.0 Å². The second-order valence-electron chi connectivity index (χ2n) is 5.25. The Balaban J connectivity index is 1.74. The van der Waals surface area contributed by atoms with Gasteiger partial charge in [0.25, 0.3) is 0 Å². The number of aryl methyl sites for hydroxylation is 1. The smallest absolute Gasteiger partial charge is 0.319 e. The van der Waals surface area contributed by atoms with Gasteiger partial charge in [0.1, 0.15) is 23.2 Å². The molecule has 2 rings (SSSR count). The summed E-state index contributed by atoms with van der Waals surface area (Å²) < 4.78 is 5.08. The third kappa shape index (κ3) is 6.17. The second kappa shape index (κ2) is 9.31. The predicted molar refractivity (Wildman–Crippen MR) is 99.4 cm³/mol. The van der Waals surface area contributed by atoms with Gasteiger partial charge in [-0.25, -0.2) is 14.8 Å². The van der Waals surface area contributed by atoms with Gasteiger partial charge in [-0.15, -0.1) is 0 Å². The van der Waals surface area contributed by atoms with Gasteiger partial charge in [0.05, 0.1) is 7.11 Å². The third-order valence-corrected chi connectivity index (χ3v) is 3.26. The van der Waals surface area contributed by atoms with Crippen molar-refractivity contribution in [2.45, 2.75) is 13.8 Å². The molecule has 8 nitrogen and oxygen atoms in total. The summed E-state index contributed by atoms with van der Waals surface area (Å²) in [6, 6.07) is 8.71. The standard InChI is InChI=1S/C17H24N6O2/c1-4-18-15-11-16(22-12(2)21-15)19-9-10-20-17(24)23-13-5-7-14(25-3)8-6-13/h5-8,11H,4,9-10H2,1-3H3,(H2,20,23,24)(H2,18,19,21,22). The maximum absolute atomic E-state index is 11.9. The summed E-state index contributed by atoms with van der Waals surface area (Å²) in [5, 5.41) is 11.9. The number of anilines is 3. The molecule has 4 N–H and O–H groups in total. The van der Waals surface area contributed by atoms with Crippen LogP contribution >= 0.6 is 0 Å². The van der Waals surface area contributed by atoms with Gasteiger partial charge >= 0.3 is 6.03 Å². The van der Waals surface area contributed by atoms with E-state index in [1.807, 2.05) is 19.9 Å². The number of urea groups is 1. The van der Waals surface area contributed by atoms with Crippen molar-refractivity contribution < 1.29 is 9.53 Å². The van der Waals surface area contributed by atoms with Crippen molar-refractivity contribution in [3.05, 3.63) is 36.2 Å². The average molecular weight is 344 g/mol. The van der Waals surface area contributed by atoms with Crippen LogP contribution in [0.15, 0.2) is 30.3 Å². The Kier molecular flexibility index (Phi) is 6.82. The van der Waals surface area contributed by atoms with Crippen LogP contribution in [0.2, 0.25) is 0 Å². The lowest BCUT2D eigenvalue weighted by Gasteiger charge is -2.11. The number of hydrogen-bond donors (Lipinski definition) is 4. The molecule has 2 aromatic rings. The molecule has 0 fully saturated rings. The zero-order chi connectivity index (χ0) is 18.1. The van der Waals surface area contributed by atoms with Gasteiger partial charge in [0.2, 0.25) is 0 Å². The molecule has 0 bridgehead atoms. The quantitative estimate of drug-likeness (QED) is 0.549. The largest absolute Gasteiger partial charge is 0.497 e. The summed E-state index contributed by atoms with van der Waals surface area (Å²) in [5.41, 5.74) is 0.702. The summed E-state index contributed by atoms with van der Waals surface area (Å²) in [6.45, 7) is 5.66. The van der Waals surface area contributed by atoms with Crippen LogP contribution in [0, 0.1) is 6.92 Å². The zero-order valence-corrected chi connectivity index (χ0v) is 14.7. The highest BCUT2D eigenvalue weighted by atomic mass is 16.5. The average Bonchev–Trinajstić information content (AvgIpc) is 2.59. The normalized spacial score (nSPS) is 10.0. The summed E-state index contributed by atoms with van der Waals surface area (Å²) in [7, 11) is 1.60. The maximum atomic E-state index is 11.9. The highest BCUT2D eigenvalue weighted by Gasteiger charge is 2.03. The Morgan fingerprint density at radius 2 is 1.76 bits per heavy atom. The van der Waals surface area contributed by atoms with Crippen molar-refractivity contribution in [3.8, 4) is 5.75 Å². The minimum Gasteiger partial charge on any atom is -0.497 e. The summed E-state index contributed by atoms with van der Waals surface area (Å²) in [4.78, 5) is 20.5.